The molecule has 2 aliphatic rings. The number of hydrogen-bond acceptors (Lipinski definition) is 4. The molecule has 0 unspecified atom stereocenters. The molecule has 6 heteroatoms. The zero-order valence-corrected chi connectivity index (χ0v) is 12.6. The van der Waals surface area contributed by atoms with Gasteiger partial charge < -0.3 is 10.6 Å². The van der Waals surface area contributed by atoms with Crippen molar-refractivity contribution in [3.63, 3.8) is 0 Å². The van der Waals surface area contributed by atoms with E-state index in [1.165, 1.54) is 12.1 Å². The molecule has 1 aromatic carbocycles. The van der Waals surface area contributed by atoms with Gasteiger partial charge in [-0.25, -0.2) is 14.4 Å². The van der Waals surface area contributed by atoms with E-state index in [-0.39, 0.29) is 11.7 Å². The van der Waals surface area contributed by atoms with E-state index in [0.29, 0.717) is 36.9 Å². The fourth-order valence-electron chi connectivity index (χ4n) is 2.81. The fourth-order valence-corrected chi connectivity index (χ4v) is 2.81. The molecule has 0 bridgehead atoms. The molecule has 1 amide bonds. The van der Waals surface area contributed by atoms with E-state index in [9.17, 15) is 9.18 Å². The van der Waals surface area contributed by atoms with Crippen LogP contribution in [0, 0.1) is 5.82 Å². The SMILES string of the molecule is O=C1NCCc2c(NCc3cccc(F)c3)nc(C3CC3)nc21. The van der Waals surface area contributed by atoms with E-state index >= 15 is 0 Å². The first kappa shape index (κ1) is 14.1. The van der Waals surface area contributed by atoms with E-state index in [2.05, 4.69) is 20.6 Å². The van der Waals surface area contributed by atoms with Gasteiger partial charge in [0, 0.05) is 24.6 Å². The third-order valence-corrected chi connectivity index (χ3v) is 4.19. The molecule has 2 heterocycles. The summed E-state index contributed by atoms with van der Waals surface area (Å²) in [5, 5.41) is 6.09. The summed E-state index contributed by atoms with van der Waals surface area (Å²) in [4.78, 5) is 21.2. The van der Waals surface area contributed by atoms with Crippen LogP contribution in [0.2, 0.25) is 0 Å². The summed E-state index contributed by atoms with van der Waals surface area (Å²) in [6.45, 7) is 1.06. The summed E-state index contributed by atoms with van der Waals surface area (Å²) in [6, 6.07) is 6.46. The first-order chi connectivity index (χ1) is 11.2. The minimum Gasteiger partial charge on any atom is -0.366 e. The topological polar surface area (TPSA) is 66.9 Å². The number of hydrogen-bond donors (Lipinski definition) is 2. The Bertz CT molecular complexity index is 773. The molecular weight excluding hydrogens is 295 g/mol. The molecule has 0 spiro atoms. The van der Waals surface area contributed by atoms with Crippen LogP contribution < -0.4 is 10.6 Å². The number of amides is 1. The van der Waals surface area contributed by atoms with Crippen molar-refractivity contribution in [2.24, 2.45) is 0 Å². The predicted molar refractivity (Wildman–Crippen MR) is 83.8 cm³/mol. The van der Waals surface area contributed by atoms with Crippen molar-refractivity contribution >= 4 is 11.7 Å². The summed E-state index contributed by atoms with van der Waals surface area (Å²) in [6.07, 6.45) is 2.85. The van der Waals surface area contributed by atoms with Crippen molar-refractivity contribution in [1.82, 2.24) is 15.3 Å². The molecule has 4 rings (SSSR count). The molecule has 0 saturated heterocycles. The summed E-state index contributed by atoms with van der Waals surface area (Å²) in [5.41, 5.74) is 2.18. The maximum absolute atomic E-state index is 13.3. The number of halogens is 1. The number of nitrogens with one attached hydrogen (secondary N) is 2. The number of nitrogens with zero attached hydrogens (tertiary/aromatic N) is 2. The Hall–Kier alpha value is -2.50. The van der Waals surface area contributed by atoms with Gasteiger partial charge in [-0.15, -0.1) is 0 Å². The molecule has 118 valence electrons. The Morgan fingerprint density at radius 2 is 2.17 bits per heavy atom. The van der Waals surface area contributed by atoms with Crippen LogP contribution >= 0.6 is 0 Å². The maximum atomic E-state index is 13.3. The normalized spacial score (nSPS) is 16.7. The number of carbonyl (C=O) groups is 1. The van der Waals surface area contributed by atoms with E-state index in [4.69, 9.17) is 0 Å². The highest BCUT2D eigenvalue weighted by Crippen LogP contribution is 2.39. The molecule has 1 aromatic heterocycles. The average Bonchev–Trinajstić information content (AvgIpc) is 3.38. The first-order valence-corrected chi connectivity index (χ1v) is 7.88. The smallest absolute Gasteiger partial charge is 0.270 e. The Balaban J connectivity index is 1.65. The van der Waals surface area contributed by atoms with E-state index in [1.54, 1.807) is 6.07 Å². The lowest BCUT2D eigenvalue weighted by Crippen LogP contribution is -2.34. The lowest BCUT2D eigenvalue weighted by molar-refractivity contribution is 0.0940. The zero-order valence-electron chi connectivity index (χ0n) is 12.6. The van der Waals surface area contributed by atoms with Gasteiger partial charge >= 0.3 is 0 Å². The largest absolute Gasteiger partial charge is 0.366 e. The molecule has 2 aromatic rings. The van der Waals surface area contributed by atoms with Gasteiger partial charge in [0.1, 0.15) is 23.2 Å². The van der Waals surface area contributed by atoms with Gasteiger partial charge in [0.15, 0.2) is 0 Å². The molecule has 2 N–H and O–H groups in total. The highest BCUT2D eigenvalue weighted by atomic mass is 19.1. The number of rotatable bonds is 4. The van der Waals surface area contributed by atoms with Crippen LogP contribution in [-0.4, -0.2) is 22.4 Å². The summed E-state index contributed by atoms with van der Waals surface area (Å²) in [7, 11) is 0. The van der Waals surface area contributed by atoms with Crippen LogP contribution in [0.1, 0.15) is 46.2 Å². The van der Waals surface area contributed by atoms with Gasteiger partial charge in [-0.1, -0.05) is 12.1 Å². The second kappa shape index (κ2) is 5.61. The Morgan fingerprint density at radius 3 is 2.96 bits per heavy atom. The van der Waals surface area contributed by atoms with Gasteiger partial charge in [0.25, 0.3) is 5.91 Å². The molecule has 5 nitrogen and oxygen atoms in total. The third kappa shape index (κ3) is 2.88. The predicted octanol–water partition coefficient (Wildman–Crippen LogP) is 2.39. The van der Waals surface area contributed by atoms with E-state index < -0.39 is 0 Å². The number of fused-ring (bicyclic) bond motifs is 1. The van der Waals surface area contributed by atoms with Crippen LogP contribution in [0.25, 0.3) is 0 Å². The molecule has 23 heavy (non-hydrogen) atoms. The molecule has 1 aliphatic carbocycles. The van der Waals surface area contributed by atoms with Gasteiger partial charge in [-0.3, -0.25) is 4.79 Å². The zero-order chi connectivity index (χ0) is 15.8. The van der Waals surface area contributed by atoms with Gasteiger partial charge in [0.05, 0.1) is 0 Å². The Morgan fingerprint density at radius 1 is 1.30 bits per heavy atom. The van der Waals surface area contributed by atoms with E-state index in [1.807, 2.05) is 6.07 Å². The summed E-state index contributed by atoms with van der Waals surface area (Å²) < 4.78 is 13.3. The molecular formula is C17H17FN4O. The Kier molecular flexibility index (Phi) is 3.44. The molecule has 1 aliphatic heterocycles. The average molecular weight is 312 g/mol. The monoisotopic (exact) mass is 312 g/mol. The first-order valence-electron chi connectivity index (χ1n) is 7.88. The highest BCUT2D eigenvalue weighted by molar-refractivity contribution is 5.96. The van der Waals surface area contributed by atoms with Crippen LogP contribution in [0.3, 0.4) is 0 Å². The number of anilines is 1. The van der Waals surface area contributed by atoms with Gasteiger partial charge in [-0.05, 0) is 37.0 Å². The molecule has 1 fully saturated rings. The summed E-state index contributed by atoms with van der Waals surface area (Å²) >= 11 is 0. The Labute approximate surface area is 133 Å². The second-order valence-electron chi connectivity index (χ2n) is 6.02. The minimum atomic E-state index is -0.257. The lowest BCUT2D eigenvalue weighted by atomic mass is 10.1. The van der Waals surface area contributed by atoms with Crippen molar-refractivity contribution in [2.75, 3.05) is 11.9 Å². The quantitative estimate of drug-likeness (QED) is 0.910. The molecule has 0 atom stereocenters. The van der Waals surface area contributed by atoms with Crippen molar-refractivity contribution in [2.45, 2.75) is 31.7 Å². The van der Waals surface area contributed by atoms with Crippen LogP contribution in [0.4, 0.5) is 10.2 Å². The van der Waals surface area contributed by atoms with Crippen LogP contribution in [0.5, 0.6) is 0 Å². The van der Waals surface area contributed by atoms with Crippen molar-refractivity contribution in [3.05, 3.63) is 52.7 Å². The second-order valence-corrected chi connectivity index (χ2v) is 6.02. The number of benzene rings is 1. The van der Waals surface area contributed by atoms with Crippen molar-refractivity contribution < 1.29 is 9.18 Å². The number of aromatic nitrogens is 2. The number of carbonyl (C=O) groups excluding carboxylic acids is 1. The van der Waals surface area contributed by atoms with Crippen molar-refractivity contribution in [3.8, 4) is 0 Å². The highest BCUT2D eigenvalue weighted by Gasteiger charge is 2.31. The molecule has 0 radical (unpaired) electrons. The maximum Gasteiger partial charge on any atom is 0.270 e. The van der Waals surface area contributed by atoms with Crippen LogP contribution in [0.15, 0.2) is 24.3 Å². The van der Waals surface area contributed by atoms with Gasteiger partial charge in [0.2, 0.25) is 0 Å². The summed E-state index contributed by atoms with van der Waals surface area (Å²) in [5.74, 6) is 1.42. The van der Waals surface area contributed by atoms with Gasteiger partial charge in [-0.2, -0.15) is 0 Å². The lowest BCUT2D eigenvalue weighted by Gasteiger charge is -2.20. The van der Waals surface area contributed by atoms with Crippen molar-refractivity contribution in [1.29, 1.82) is 0 Å². The minimum absolute atomic E-state index is 0.135. The van der Waals surface area contributed by atoms with Crippen LogP contribution in [-0.2, 0) is 13.0 Å². The third-order valence-electron chi connectivity index (χ3n) is 4.19. The molecule has 1 saturated carbocycles. The standard InChI is InChI=1S/C17H17FN4O/c18-12-3-1-2-10(8-12)9-20-16-13-6-7-19-17(23)14(13)21-15(22-16)11-4-5-11/h1-3,8,11H,4-7,9H2,(H,19,23)(H,20,21,22). The fraction of sp³-hybridized carbons (Fsp3) is 0.353. The van der Waals surface area contributed by atoms with E-state index in [0.717, 1.165) is 29.8 Å².